The first-order chi connectivity index (χ1) is 9.10. The van der Waals surface area contributed by atoms with Gasteiger partial charge in [-0.15, -0.1) is 11.3 Å². The van der Waals surface area contributed by atoms with E-state index in [2.05, 4.69) is 31.7 Å². The number of thiophene rings is 1. The number of hydrogen-bond acceptors (Lipinski definition) is 4. The largest absolute Gasteiger partial charge is 0.350 e. The fourth-order valence-corrected chi connectivity index (χ4v) is 2.98. The Bertz CT molecular complexity index is 566. The van der Waals surface area contributed by atoms with Gasteiger partial charge in [0.05, 0.1) is 9.98 Å². The highest BCUT2D eigenvalue weighted by molar-refractivity contribution is 9.11. The average molecular weight is 343 g/mol. The van der Waals surface area contributed by atoms with E-state index in [1.807, 2.05) is 24.7 Å². The van der Waals surface area contributed by atoms with E-state index in [1.165, 1.54) is 0 Å². The molecule has 1 amide bonds. The molecule has 1 unspecified atom stereocenters. The molecular weight excluding hydrogens is 328 g/mol. The number of hydrogen-bond donors (Lipinski definition) is 2. The molecule has 1 atom stereocenters. The van der Waals surface area contributed by atoms with Crippen molar-refractivity contribution in [2.45, 2.75) is 12.6 Å². The number of carbonyl (C=O) groups excluding carboxylic acids is 1. The van der Waals surface area contributed by atoms with Gasteiger partial charge < -0.3 is 10.6 Å². The van der Waals surface area contributed by atoms with Crippen LogP contribution in [0.1, 0.15) is 17.2 Å². The summed E-state index contributed by atoms with van der Waals surface area (Å²) in [6.07, 6.45) is 3.53. The van der Waals surface area contributed by atoms with Gasteiger partial charge in [-0.1, -0.05) is 0 Å². The van der Waals surface area contributed by atoms with Crippen LogP contribution in [0.15, 0.2) is 27.6 Å². The summed E-state index contributed by atoms with van der Waals surface area (Å²) in [5.74, 6) is -0.0576. The molecule has 2 aromatic rings. The van der Waals surface area contributed by atoms with Crippen LogP contribution in [-0.4, -0.2) is 22.7 Å². The molecule has 0 saturated carbocycles. The number of likely N-dealkylation sites (N-methyl/N-ethyl adjacent to an activating group) is 1. The summed E-state index contributed by atoms with van der Waals surface area (Å²) in [4.78, 5) is 12.1. The minimum Gasteiger partial charge on any atom is -0.350 e. The third-order valence-corrected chi connectivity index (χ3v) is 4.25. The van der Waals surface area contributed by atoms with E-state index < -0.39 is 0 Å². The molecule has 0 aromatic carbocycles. The van der Waals surface area contributed by atoms with Crippen LogP contribution in [-0.2, 0) is 18.4 Å². The number of aryl methyl sites for hydroxylation is 1. The smallest absolute Gasteiger partial charge is 0.242 e. The van der Waals surface area contributed by atoms with Gasteiger partial charge in [0, 0.05) is 25.4 Å². The molecule has 0 spiro atoms. The van der Waals surface area contributed by atoms with Gasteiger partial charge in [-0.3, -0.25) is 9.48 Å². The number of nitrogens with zero attached hydrogens (tertiary/aromatic N) is 2. The van der Waals surface area contributed by atoms with Crippen molar-refractivity contribution < 1.29 is 4.79 Å². The minimum absolute atomic E-state index is 0.0576. The standard InChI is InChI=1S/C12H15BrN4OS/c1-14-11(9-5-16-17(2)6-9)12(18)15-4-8-3-10(13)19-7-8/h3,5-7,11,14H,4H2,1-2H3,(H,15,18). The number of nitrogens with one attached hydrogen (secondary N) is 2. The van der Waals surface area contributed by atoms with Gasteiger partial charge in [0.25, 0.3) is 0 Å². The van der Waals surface area contributed by atoms with Gasteiger partial charge in [-0.25, -0.2) is 0 Å². The molecule has 0 bridgehead atoms. The average Bonchev–Trinajstić information content (AvgIpc) is 2.97. The normalized spacial score (nSPS) is 12.4. The lowest BCUT2D eigenvalue weighted by molar-refractivity contribution is -0.123. The Morgan fingerprint density at radius 3 is 2.95 bits per heavy atom. The number of amides is 1. The summed E-state index contributed by atoms with van der Waals surface area (Å²) in [5, 5.41) is 12.0. The summed E-state index contributed by atoms with van der Waals surface area (Å²) in [5.41, 5.74) is 1.94. The Kier molecular flexibility index (Phi) is 4.73. The Morgan fingerprint density at radius 1 is 1.63 bits per heavy atom. The lowest BCUT2D eigenvalue weighted by atomic mass is 10.1. The summed E-state index contributed by atoms with van der Waals surface area (Å²) < 4.78 is 2.75. The summed E-state index contributed by atoms with van der Waals surface area (Å²) in [6.45, 7) is 0.527. The van der Waals surface area contributed by atoms with Gasteiger partial charge in [-0.05, 0) is 40.0 Å². The summed E-state index contributed by atoms with van der Waals surface area (Å²) in [7, 11) is 3.59. The van der Waals surface area contributed by atoms with Crippen molar-refractivity contribution >= 4 is 33.2 Å². The second-order valence-corrected chi connectivity index (χ2v) is 6.44. The fraction of sp³-hybridized carbons (Fsp3) is 0.333. The van der Waals surface area contributed by atoms with Crippen LogP contribution in [0.5, 0.6) is 0 Å². The van der Waals surface area contributed by atoms with E-state index in [4.69, 9.17) is 0 Å². The monoisotopic (exact) mass is 342 g/mol. The molecule has 19 heavy (non-hydrogen) atoms. The molecule has 2 heterocycles. The van der Waals surface area contributed by atoms with Crippen molar-refractivity contribution in [3.05, 3.63) is 38.8 Å². The Labute approximate surface area is 124 Å². The van der Waals surface area contributed by atoms with Crippen LogP contribution in [0.2, 0.25) is 0 Å². The van der Waals surface area contributed by atoms with Crippen LogP contribution < -0.4 is 10.6 Å². The van der Waals surface area contributed by atoms with Crippen LogP contribution >= 0.6 is 27.3 Å². The molecular formula is C12H15BrN4OS. The van der Waals surface area contributed by atoms with Gasteiger partial charge in [0.1, 0.15) is 6.04 Å². The van der Waals surface area contributed by atoms with Crippen molar-refractivity contribution in [3.63, 3.8) is 0 Å². The highest BCUT2D eigenvalue weighted by Gasteiger charge is 2.19. The van der Waals surface area contributed by atoms with Gasteiger partial charge in [-0.2, -0.15) is 5.10 Å². The molecule has 5 nitrogen and oxygen atoms in total. The first kappa shape index (κ1) is 14.2. The third-order valence-electron chi connectivity index (χ3n) is 2.70. The van der Waals surface area contributed by atoms with Gasteiger partial charge in [0.2, 0.25) is 5.91 Å². The maximum absolute atomic E-state index is 12.1. The number of carbonyl (C=O) groups is 1. The molecule has 0 saturated heterocycles. The second kappa shape index (κ2) is 6.31. The predicted molar refractivity (Wildman–Crippen MR) is 78.9 cm³/mol. The van der Waals surface area contributed by atoms with Crippen molar-refractivity contribution in [2.24, 2.45) is 7.05 Å². The van der Waals surface area contributed by atoms with Crippen molar-refractivity contribution in [1.82, 2.24) is 20.4 Å². The van der Waals surface area contributed by atoms with Crippen LogP contribution in [0.3, 0.4) is 0 Å². The maximum Gasteiger partial charge on any atom is 0.242 e. The zero-order chi connectivity index (χ0) is 13.8. The van der Waals surface area contributed by atoms with Crippen molar-refractivity contribution in [1.29, 1.82) is 0 Å². The fourth-order valence-electron chi connectivity index (χ4n) is 1.77. The quantitative estimate of drug-likeness (QED) is 0.871. The molecule has 0 fully saturated rings. The van der Waals surface area contributed by atoms with Crippen LogP contribution in [0.25, 0.3) is 0 Å². The van der Waals surface area contributed by atoms with E-state index in [1.54, 1.807) is 29.3 Å². The second-order valence-electron chi connectivity index (χ2n) is 4.15. The van der Waals surface area contributed by atoms with E-state index >= 15 is 0 Å². The molecule has 0 aliphatic carbocycles. The van der Waals surface area contributed by atoms with E-state index in [-0.39, 0.29) is 11.9 Å². The minimum atomic E-state index is -0.379. The summed E-state index contributed by atoms with van der Waals surface area (Å²) >= 11 is 5.01. The van der Waals surface area contributed by atoms with Crippen LogP contribution in [0, 0.1) is 0 Å². The molecule has 0 aliphatic heterocycles. The summed E-state index contributed by atoms with van der Waals surface area (Å²) in [6, 6.07) is 1.62. The van der Waals surface area contributed by atoms with E-state index in [0.29, 0.717) is 6.54 Å². The van der Waals surface area contributed by atoms with Crippen LogP contribution in [0.4, 0.5) is 0 Å². The Morgan fingerprint density at radius 2 is 2.42 bits per heavy atom. The van der Waals surface area contributed by atoms with Gasteiger partial charge in [0.15, 0.2) is 0 Å². The van der Waals surface area contributed by atoms with E-state index in [0.717, 1.165) is 14.9 Å². The first-order valence-corrected chi connectivity index (χ1v) is 7.44. The molecule has 2 aromatic heterocycles. The van der Waals surface area contributed by atoms with E-state index in [9.17, 15) is 4.79 Å². The van der Waals surface area contributed by atoms with Crippen molar-refractivity contribution in [3.8, 4) is 0 Å². The molecule has 0 aliphatic rings. The number of aromatic nitrogens is 2. The Hall–Kier alpha value is -1.18. The number of halogens is 1. The Balaban J connectivity index is 1.97. The SMILES string of the molecule is CNC(C(=O)NCc1csc(Br)c1)c1cnn(C)c1. The predicted octanol–water partition coefficient (Wildman–Crippen LogP) is 1.82. The molecule has 2 N–H and O–H groups in total. The van der Waals surface area contributed by atoms with Gasteiger partial charge >= 0.3 is 0 Å². The third kappa shape index (κ3) is 3.65. The topological polar surface area (TPSA) is 59.0 Å². The highest BCUT2D eigenvalue weighted by Crippen LogP contribution is 2.20. The molecule has 102 valence electrons. The highest BCUT2D eigenvalue weighted by atomic mass is 79.9. The lowest BCUT2D eigenvalue weighted by Crippen LogP contribution is -2.35. The number of rotatable bonds is 5. The first-order valence-electron chi connectivity index (χ1n) is 5.76. The zero-order valence-electron chi connectivity index (χ0n) is 10.7. The van der Waals surface area contributed by atoms with Crippen molar-refractivity contribution in [2.75, 3.05) is 7.05 Å². The molecule has 0 radical (unpaired) electrons. The molecule has 2 rings (SSSR count). The zero-order valence-corrected chi connectivity index (χ0v) is 13.1. The molecule has 7 heteroatoms. The lowest BCUT2D eigenvalue weighted by Gasteiger charge is -2.14. The maximum atomic E-state index is 12.1.